The van der Waals surface area contributed by atoms with Gasteiger partial charge in [0.1, 0.15) is 0 Å². The van der Waals surface area contributed by atoms with E-state index >= 15 is 0 Å². The smallest absolute Gasteiger partial charge is 0.187 e. The zero-order valence-corrected chi connectivity index (χ0v) is 8.56. The van der Waals surface area contributed by atoms with Gasteiger partial charge in [-0.3, -0.25) is 0 Å². The van der Waals surface area contributed by atoms with Gasteiger partial charge in [0.05, 0.1) is 12.4 Å². The van der Waals surface area contributed by atoms with Gasteiger partial charge in [0.2, 0.25) is 0 Å². The van der Waals surface area contributed by atoms with Gasteiger partial charge in [-0.1, -0.05) is 11.8 Å². The standard InChI is InChI=1S/C9H12FN3S/c10-8-4-12-9(13-5-8)14-6-7-1-2-11-3-7/h4-5,7,11H,1-3,6H2/t7-/m1/s1. The van der Waals surface area contributed by atoms with E-state index in [-0.39, 0.29) is 5.82 Å². The lowest BCUT2D eigenvalue weighted by atomic mass is 10.2. The quantitative estimate of drug-likeness (QED) is 0.607. The number of nitrogens with zero attached hydrogens (tertiary/aromatic N) is 2. The van der Waals surface area contributed by atoms with Crippen LogP contribution in [-0.2, 0) is 0 Å². The van der Waals surface area contributed by atoms with E-state index in [4.69, 9.17) is 0 Å². The van der Waals surface area contributed by atoms with E-state index in [2.05, 4.69) is 15.3 Å². The number of aromatic nitrogens is 2. The highest BCUT2D eigenvalue weighted by Crippen LogP contribution is 2.19. The van der Waals surface area contributed by atoms with Gasteiger partial charge in [-0.15, -0.1) is 0 Å². The molecule has 0 spiro atoms. The monoisotopic (exact) mass is 213 g/mol. The zero-order valence-electron chi connectivity index (χ0n) is 7.74. The third-order valence-corrected chi connectivity index (χ3v) is 3.31. The van der Waals surface area contributed by atoms with E-state index in [0.29, 0.717) is 11.1 Å². The number of thioether (sulfide) groups is 1. The van der Waals surface area contributed by atoms with Crippen LogP contribution in [0.3, 0.4) is 0 Å². The van der Waals surface area contributed by atoms with Crippen LogP contribution in [-0.4, -0.2) is 28.8 Å². The van der Waals surface area contributed by atoms with Crippen molar-refractivity contribution < 1.29 is 4.39 Å². The van der Waals surface area contributed by atoms with Gasteiger partial charge in [-0.05, 0) is 25.4 Å². The second-order valence-electron chi connectivity index (χ2n) is 3.35. The highest BCUT2D eigenvalue weighted by Gasteiger charge is 2.14. The molecule has 14 heavy (non-hydrogen) atoms. The van der Waals surface area contributed by atoms with E-state index < -0.39 is 0 Å². The maximum atomic E-state index is 12.5. The lowest BCUT2D eigenvalue weighted by Crippen LogP contribution is -2.10. The van der Waals surface area contributed by atoms with Gasteiger partial charge in [0.15, 0.2) is 11.0 Å². The molecule has 0 radical (unpaired) electrons. The van der Waals surface area contributed by atoms with Gasteiger partial charge in [-0.2, -0.15) is 0 Å². The maximum absolute atomic E-state index is 12.5. The Bertz CT molecular complexity index is 285. The topological polar surface area (TPSA) is 37.8 Å². The van der Waals surface area contributed by atoms with E-state index in [0.717, 1.165) is 18.8 Å². The molecule has 5 heteroatoms. The molecule has 2 heterocycles. The lowest BCUT2D eigenvalue weighted by molar-refractivity contribution is 0.605. The lowest BCUT2D eigenvalue weighted by Gasteiger charge is -2.05. The highest BCUT2D eigenvalue weighted by atomic mass is 32.2. The van der Waals surface area contributed by atoms with Crippen molar-refractivity contribution in [3.63, 3.8) is 0 Å². The fourth-order valence-electron chi connectivity index (χ4n) is 1.42. The first-order valence-corrected chi connectivity index (χ1v) is 5.64. The van der Waals surface area contributed by atoms with E-state index in [1.165, 1.54) is 18.8 Å². The summed E-state index contributed by atoms with van der Waals surface area (Å²) in [6, 6.07) is 0. The fourth-order valence-corrected chi connectivity index (χ4v) is 2.35. The average Bonchev–Trinajstić information content (AvgIpc) is 2.70. The molecule has 1 saturated heterocycles. The normalized spacial score (nSPS) is 21.4. The van der Waals surface area contributed by atoms with Crippen molar-refractivity contribution in [2.45, 2.75) is 11.6 Å². The molecule has 0 saturated carbocycles. The number of hydrogen-bond acceptors (Lipinski definition) is 4. The Morgan fingerprint density at radius 3 is 2.93 bits per heavy atom. The minimum absolute atomic E-state index is 0.378. The first-order chi connectivity index (χ1) is 6.84. The van der Waals surface area contributed by atoms with Gasteiger partial charge in [0, 0.05) is 5.75 Å². The van der Waals surface area contributed by atoms with E-state index in [1.54, 1.807) is 11.8 Å². The van der Waals surface area contributed by atoms with Crippen LogP contribution in [0.1, 0.15) is 6.42 Å². The van der Waals surface area contributed by atoms with Crippen LogP contribution < -0.4 is 5.32 Å². The largest absolute Gasteiger partial charge is 0.316 e. The molecule has 1 aromatic heterocycles. The van der Waals surface area contributed by atoms with Crippen LogP contribution in [0.15, 0.2) is 17.6 Å². The van der Waals surface area contributed by atoms with Crippen LogP contribution in [0.2, 0.25) is 0 Å². The van der Waals surface area contributed by atoms with E-state index in [9.17, 15) is 4.39 Å². The molecule has 1 fully saturated rings. The molecule has 1 atom stereocenters. The SMILES string of the molecule is Fc1cnc(SC[C@@H]2CCNC2)nc1. The first-order valence-electron chi connectivity index (χ1n) is 4.65. The number of nitrogens with one attached hydrogen (secondary N) is 1. The van der Waals surface area contributed by atoms with Gasteiger partial charge >= 0.3 is 0 Å². The highest BCUT2D eigenvalue weighted by molar-refractivity contribution is 7.99. The molecule has 0 aromatic carbocycles. The predicted octanol–water partition coefficient (Wildman–Crippen LogP) is 1.32. The molecular formula is C9H12FN3S. The number of hydrogen-bond donors (Lipinski definition) is 1. The Morgan fingerprint density at radius 1 is 1.50 bits per heavy atom. The van der Waals surface area contributed by atoms with Crippen molar-refractivity contribution in [2.75, 3.05) is 18.8 Å². The Balaban J connectivity index is 1.82. The summed E-state index contributed by atoms with van der Waals surface area (Å²) in [7, 11) is 0. The molecule has 0 amide bonds. The molecule has 1 aliphatic rings. The number of rotatable bonds is 3. The Labute approximate surface area is 86.5 Å². The predicted molar refractivity (Wildman–Crippen MR) is 53.7 cm³/mol. The van der Waals surface area contributed by atoms with Gasteiger partial charge in [0.25, 0.3) is 0 Å². The molecule has 1 aromatic rings. The van der Waals surface area contributed by atoms with Gasteiger partial charge < -0.3 is 5.32 Å². The summed E-state index contributed by atoms with van der Waals surface area (Å²) in [5, 5.41) is 3.97. The Morgan fingerprint density at radius 2 is 2.29 bits per heavy atom. The summed E-state index contributed by atoms with van der Waals surface area (Å²) in [6.07, 6.45) is 3.64. The van der Waals surface area contributed by atoms with Crippen LogP contribution >= 0.6 is 11.8 Å². The molecule has 0 aliphatic carbocycles. The van der Waals surface area contributed by atoms with Crippen molar-refractivity contribution in [3.8, 4) is 0 Å². The first kappa shape index (κ1) is 9.86. The Kier molecular flexibility index (Phi) is 3.31. The van der Waals surface area contributed by atoms with Crippen molar-refractivity contribution >= 4 is 11.8 Å². The molecule has 2 rings (SSSR count). The summed E-state index contributed by atoms with van der Waals surface area (Å²) >= 11 is 1.60. The third kappa shape index (κ3) is 2.65. The Hall–Kier alpha value is -0.680. The molecule has 3 nitrogen and oxygen atoms in total. The molecule has 76 valence electrons. The summed E-state index contributed by atoms with van der Waals surface area (Å²) in [5.41, 5.74) is 0. The summed E-state index contributed by atoms with van der Waals surface area (Å²) < 4.78 is 12.5. The number of halogens is 1. The van der Waals surface area contributed by atoms with Crippen LogP contribution in [0.25, 0.3) is 0 Å². The molecule has 1 aliphatic heterocycles. The minimum atomic E-state index is -0.378. The van der Waals surface area contributed by atoms with Gasteiger partial charge in [-0.25, -0.2) is 14.4 Å². The van der Waals surface area contributed by atoms with Crippen molar-refractivity contribution in [3.05, 3.63) is 18.2 Å². The summed E-state index contributed by atoms with van der Waals surface area (Å²) in [5.74, 6) is 1.34. The van der Waals surface area contributed by atoms with Crippen LogP contribution in [0.5, 0.6) is 0 Å². The third-order valence-electron chi connectivity index (χ3n) is 2.21. The molecular weight excluding hydrogens is 201 g/mol. The second-order valence-corrected chi connectivity index (χ2v) is 4.34. The molecule has 0 bridgehead atoms. The van der Waals surface area contributed by atoms with Crippen LogP contribution in [0, 0.1) is 11.7 Å². The van der Waals surface area contributed by atoms with Crippen molar-refractivity contribution in [2.24, 2.45) is 5.92 Å². The van der Waals surface area contributed by atoms with Crippen molar-refractivity contribution in [1.82, 2.24) is 15.3 Å². The summed E-state index contributed by atoms with van der Waals surface area (Å²) in [4.78, 5) is 7.79. The second kappa shape index (κ2) is 4.70. The minimum Gasteiger partial charge on any atom is -0.316 e. The van der Waals surface area contributed by atoms with Crippen molar-refractivity contribution in [1.29, 1.82) is 0 Å². The summed E-state index contributed by atoms with van der Waals surface area (Å²) in [6.45, 7) is 2.18. The maximum Gasteiger partial charge on any atom is 0.187 e. The molecule has 1 N–H and O–H groups in total. The zero-order chi connectivity index (χ0) is 9.80. The van der Waals surface area contributed by atoms with Crippen LogP contribution in [0.4, 0.5) is 4.39 Å². The molecule has 0 unspecified atom stereocenters. The van der Waals surface area contributed by atoms with E-state index in [1.807, 2.05) is 0 Å². The fraction of sp³-hybridized carbons (Fsp3) is 0.556. The average molecular weight is 213 g/mol.